The number of nitrogens with one attached hydrogen (secondary N) is 1. The van der Waals surface area contributed by atoms with E-state index in [4.69, 9.17) is 28.4 Å². The molecule has 3 saturated heterocycles. The van der Waals surface area contributed by atoms with E-state index < -0.39 is 139 Å². The van der Waals surface area contributed by atoms with E-state index in [-0.39, 0.29) is 59.4 Å². The molecule has 3 aliphatic heterocycles. The Labute approximate surface area is 460 Å². The third kappa shape index (κ3) is 9.32. The smallest absolute Gasteiger partial charge is 0.317 e. The number of aldehydes is 1. The van der Waals surface area contributed by atoms with Crippen LogP contribution in [0.3, 0.4) is 0 Å². The van der Waals surface area contributed by atoms with Crippen LogP contribution in [-0.2, 0) is 42.8 Å². The molecule has 19 nitrogen and oxygen atoms in total. The summed E-state index contributed by atoms with van der Waals surface area (Å²) in [4.78, 5) is 42.2. The van der Waals surface area contributed by atoms with Crippen LogP contribution in [0.4, 0.5) is 0 Å². The summed E-state index contributed by atoms with van der Waals surface area (Å²) in [5, 5.41) is 104. The van der Waals surface area contributed by atoms with Gasteiger partial charge in [-0.1, -0.05) is 111 Å². The van der Waals surface area contributed by atoms with Gasteiger partial charge in [0.15, 0.2) is 18.7 Å². The van der Waals surface area contributed by atoms with Crippen LogP contribution in [-0.4, -0.2) is 175 Å². The Balaban J connectivity index is 0.978. The lowest BCUT2D eigenvalue weighted by Crippen LogP contribution is -2.86. The summed E-state index contributed by atoms with van der Waals surface area (Å²) >= 11 is 0. The van der Waals surface area contributed by atoms with Gasteiger partial charge in [-0.15, -0.1) is 0 Å². The van der Waals surface area contributed by atoms with Crippen molar-refractivity contribution in [1.29, 1.82) is 0 Å². The van der Waals surface area contributed by atoms with Gasteiger partial charge in [0.05, 0.1) is 43.0 Å². The average molecular weight is 1110 g/mol. The first-order valence-electron chi connectivity index (χ1n) is 29.7. The molecule has 0 spiro atoms. The number of aliphatic hydroxyl groups excluding tert-OH is 9. The molecule has 3 heterocycles. The van der Waals surface area contributed by atoms with Crippen LogP contribution in [0.15, 0.2) is 11.6 Å². The van der Waals surface area contributed by atoms with Crippen LogP contribution < -0.4 is 5.32 Å². The number of allylic oxidation sites excluding steroid dienone is 2. The monoisotopic (exact) mass is 1110 g/mol. The van der Waals surface area contributed by atoms with E-state index in [1.165, 1.54) is 32.6 Å². The lowest BCUT2D eigenvalue weighted by molar-refractivity contribution is -0.397. The van der Waals surface area contributed by atoms with Crippen LogP contribution in [0.2, 0.25) is 0 Å². The van der Waals surface area contributed by atoms with Crippen LogP contribution >= 0.6 is 0 Å². The van der Waals surface area contributed by atoms with E-state index in [2.05, 4.69) is 59.9 Å². The Morgan fingerprint density at radius 3 is 2.04 bits per heavy atom. The molecule has 0 bridgehead atoms. The van der Waals surface area contributed by atoms with Crippen LogP contribution in [0.25, 0.3) is 0 Å². The van der Waals surface area contributed by atoms with Gasteiger partial charge >= 0.3 is 5.97 Å². The number of ether oxygens (including phenoxy) is 6. The number of rotatable bonds is 19. The number of carbonyl (C=O) groups excluding carboxylic acids is 3. The molecular weight excluding hydrogens is 1010 g/mol. The molecule has 444 valence electrons. The van der Waals surface area contributed by atoms with Gasteiger partial charge in [0.1, 0.15) is 60.5 Å². The number of amides is 1. The summed E-state index contributed by atoms with van der Waals surface area (Å²) in [5.74, 6) is -1.56. The van der Waals surface area contributed by atoms with E-state index in [1.54, 1.807) is 0 Å². The highest BCUT2D eigenvalue weighted by Crippen LogP contribution is 2.88. The second kappa shape index (κ2) is 22.4. The maximum absolute atomic E-state index is 15.7. The minimum Gasteiger partial charge on any atom is -0.432 e. The van der Waals surface area contributed by atoms with Crippen molar-refractivity contribution in [1.82, 2.24) is 5.32 Å². The highest BCUT2D eigenvalue weighted by atomic mass is 16.8. The predicted molar refractivity (Wildman–Crippen MR) is 280 cm³/mol. The van der Waals surface area contributed by atoms with Crippen molar-refractivity contribution < 1.29 is 88.8 Å². The van der Waals surface area contributed by atoms with Gasteiger partial charge in [-0.05, 0) is 110 Å². The molecule has 19 heteroatoms. The number of hydrogen-bond acceptors (Lipinski definition) is 18. The zero-order valence-corrected chi connectivity index (χ0v) is 47.5. The maximum Gasteiger partial charge on any atom is 0.317 e. The number of aliphatic hydroxyl groups is 9. The van der Waals surface area contributed by atoms with E-state index in [0.717, 1.165) is 50.4 Å². The third-order valence-corrected chi connectivity index (χ3v) is 23.0. The topological polar surface area (TPSA) is 301 Å². The molecule has 0 radical (unpaired) electrons. The standard InChI is InChI=1S/C59H95NO18/c1-9-10-11-12-13-14-15-16-17-18-40(66)60-41-35(28-61)75-51(48(43(41)68)77-50-46(71)44(69)47(31(2)74-50)76-49-45(70)42(67)34(63)29-73-49)78-52(72)58-24-23-53(3,4)25-33(58)32-19-20-36-54(5,55(32,6)26-38(58)64)22-21-37-57(36,8)56(7)27-39(65)59(37,56)30-62/h19,30-31,33-39,41-51,61,63-65,67-71H,9-18,20-29H2,1-8H3,(H,60,66)/t31?,33?,34-,35?,36?,37-,38?,39+,41+,42?,43?,44?,45?,46?,47+,48?,49+,50+,51+,54-,55-,56?,57?,58-,59+/m1/s1. The SMILES string of the molecule is CCCCCCCCCCCC(=O)N[C@H]1C(CO)O[C@@H](OC(=O)[C@]23CCC(C)(C)CC2C2=CCC4C5(C)[C@@H](CC[C@@]4(C)[C@]2(C)CC3O)[C@@]2(C=O)[C@@H](O)CC52C)C(O[C@@H]2OC(C)[C@H](O[C@@H]3OC[C@@H](O)C(O)C3O)C(O)C2O)C1O. The summed E-state index contributed by atoms with van der Waals surface area (Å²) in [6, 6.07) is -1.31. The molecule has 0 aromatic rings. The lowest BCUT2D eigenvalue weighted by atomic mass is 9.17. The first kappa shape index (κ1) is 60.4. The van der Waals surface area contributed by atoms with Crippen molar-refractivity contribution >= 4 is 18.2 Å². The van der Waals surface area contributed by atoms with Gasteiger partial charge in [-0.2, -0.15) is 0 Å². The van der Waals surface area contributed by atoms with Crippen LogP contribution in [0.5, 0.6) is 0 Å². The molecule has 9 rings (SSSR count). The quantitative estimate of drug-likeness (QED) is 0.0382. The van der Waals surface area contributed by atoms with Crippen LogP contribution in [0.1, 0.15) is 171 Å². The second-order valence-corrected chi connectivity index (χ2v) is 27.3. The Morgan fingerprint density at radius 1 is 0.731 bits per heavy atom. The minimum atomic E-state index is -1.92. The molecule has 25 atom stereocenters. The van der Waals surface area contributed by atoms with Gasteiger partial charge < -0.3 is 84.5 Å². The molecule has 10 N–H and O–H groups in total. The van der Waals surface area contributed by atoms with Gasteiger partial charge in [-0.25, -0.2) is 0 Å². The van der Waals surface area contributed by atoms with Crippen molar-refractivity contribution in [2.75, 3.05) is 13.2 Å². The van der Waals surface area contributed by atoms with Crippen molar-refractivity contribution in [2.24, 2.45) is 55.7 Å². The summed E-state index contributed by atoms with van der Waals surface area (Å²) in [5.41, 5.74) is -2.99. The lowest BCUT2D eigenvalue weighted by Gasteiger charge is -2.86. The van der Waals surface area contributed by atoms with Crippen LogP contribution in [0, 0.1) is 55.7 Å². The van der Waals surface area contributed by atoms with Gasteiger partial charge in [-0.3, -0.25) is 9.59 Å². The molecule has 0 aromatic carbocycles. The Bertz CT molecular complexity index is 2200. The van der Waals surface area contributed by atoms with Gasteiger partial charge in [0, 0.05) is 6.42 Å². The van der Waals surface area contributed by atoms with E-state index in [9.17, 15) is 55.5 Å². The van der Waals surface area contributed by atoms with E-state index in [1.807, 2.05) is 0 Å². The number of esters is 1. The molecule has 13 unspecified atom stereocenters. The Morgan fingerprint density at radius 2 is 1.38 bits per heavy atom. The second-order valence-electron chi connectivity index (χ2n) is 27.3. The summed E-state index contributed by atoms with van der Waals surface area (Å²) in [7, 11) is 0. The zero-order chi connectivity index (χ0) is 56.7. The first-order chi connectivity index (χ1) is 36.8. The first-order valence-corrected chi connectivity index (χ1v) is 29.7. The maximum atomic E-state index is 15.7. The van der Waals surface area contributed by atoms with Crippen molar-refractivity contribution in [2.45, 2.75) is 269 Å². The summed E-state index contributed by atoms with van der Waals surface area (Å²) < 4.78 is 36.5. The number of fused-ring (bicyclic) bond motifs is 10. The zero-order valence-electron chi connectivity index (χ0n) is 47.5. The fourth-order valence-corrected chi connectivity index (χ4v) is 18.0. The number of carbonyl (C=O) groups is 3. The molecule has 9 aliphatic rings. The van der Waals surface area contributed by atoms with Gasteiger partial charge in [0.2, 0.25) is 12.2 Å². The van der Waals surface area contributed by atoms with Gasteiger partial charge in [0.25, 0.3) is 0 Å². The minimum absolute atomic E-state index is 0.0258. The number of hydrogen-bond donors (Lipinski definition) is 10. The molecule has 6 aliphatic carbocycles. The summed E-state index contributed by atoms with van der Waals surface area (Å²) in [6.07, 6.45) is -5.56. The number of unbranched alkanes of at least 4 members (excludes halogenated alkanes) is 8. The largest absolute Gasteiger partial charge is 0.432 e. The fraction of sp³-hybridized carbons (Fsp3) is 0.915. The third-order valence-electron chi connectivity index (χ3n) is 23.0. The highest BCUT2D eigenvalue weighted by Gasteiger charge is 2.88. The van der Waals surface area contributed by atoms with Crippen molar-refractivity contribution in [3.05, 3.63) is 11.6 Å². The average Bonchev–Trinajstić information content (AvgIpc) is 0.807. The van der Waals surface area contributed by atoms with Crippen molar-refractivity contribution in [3.8, 4) is 0 Å². The fourth-order valence-electron chi connectivity index (χ4n) is 18.0. The molecule has 78 heavy (non-hydrogen) atoms. The molecule has 1 amide bonds. The predicted octanol–water partition coefficient (Wildman–Crippen LogP) is 3.61. The van der Waals surface area contributed by atoms with E-state index >= 15 is 4.79 Å². The molecular formula is C59H95NO18. The van der Waals surface area contributed by atoms with E-state index in [0.29, 0.717) is 32.1 Å². The van der Waals surface area contributed by atoms with Crippen molar-refractivity contribution in [3.63, 3.8) is 0 Å². The molecule has 0 aromatic heterocycles. The highest BCUT2D eigenvalue weighted by molar-refractivity contribution is 5.80. The Hall–Kier alpha value is -2.21. The molecule has 5 saturated carbocycles. The normalized spacial score (nSPS) is 50.2. The summed E-state index contributed by atoms with van der Waals surface area (Å²) in [6.45, 7) is 15.9. The Kier molecular flexibility index (Phi) is 17.4. The molecule has 8 fully saturated rings.